The van der Waals surface area contributed by atoms with E-state index in [0.29, 0.717) is 17.2 Å². The van der Waals surface area contributed by atoms with Crippen molar-refractivity contribution in [2.75, 3.05) is 31.8 Å². The van der Waals surface area contributed by atoms with E-state index < -0.39 is 10.0 Å². The van der Waals surface area contributed by atoms with E-state index >= 15 is 0 Å². The Morgan fingerprint density at radius 1 is 1.19 bits per heavy atom. The van der Waals surface area contributed by atoms with Crippen LogP contribution in [0.3, 0.4) is 0 Å². The van der Waals surface area contributed by atoms with Gasteiger partial charge in [-0.25, -0.2) is 8.42 Å². The molecule has 90 valence electrons. The van der Waals surface area contributed by atoms with Crippen LogP contribution in [0.25, 0.3) is 0 Å². The highest BCUT2D eigenvalue weighted by atomic mass is 32.2. The SMILES string of the molecule is COc1ccc(N(C)S(C)(=O)=O)c(OC)c1. The van der Waals surface area contributed by atoms with Gasteiger partial charge in [0.05, 0.1) is 26.2 Å². The lowest BCUT2D eigenvalue weighted by Gasteiger charge is -2.19. The van der Waals surface area contributed by atoms with E-state index in [4.69, 9.17) is 9.47 Å². The third-order valence-electron chi connectivity index (χ3n) is 2.22. The Bertz CT molecular complexity index is 470. The summed E-state index contributed by atoms with van der Waals surface area (Å²) in [7, 11) is 1.19. The molecule has 1 aromatic rings. The first-order valence-corrected chi connectivity index (χ1v) is 6.41. The average molecular weight is 245 g/mol. The van der Waals surface area contributed by atoms with Crippen LogP contribution >= 0.6 is 0 Å². The molecule has 5 nitrogen and oxygen atoms in total. The number of methoxy groups -OCH3 is 2. The quantitative estimate of drug-likeness (QED) is 0.797. The lowest BCUT2D eigenvalue weighted by molar-refractivity contribution is 0.395. The predicted molar refractivity (Wildman–Crippen MR) is 62.8 cm³/mol. The van der Waals surface area contributed by atoms with Crippen LogP contribution in [0.5, 0.6) is 11.5 Å². The van der Waals surface area contributed by atoms with Crippen molar-refractivity contribution in [2.45, 2.75) is 0 Å². The van der Waals surface area contributed by atoms with Crippen LogP contribution in [0.1, 0.15) is 0 Å². The Morgan fingerprint density at radius 3 is 2.25 bits per heavy atom. The lowest BCUT2D eigenvalue weighted by Crippen LogP contribution is -2.25. The molecule has 0 atom stereocenters. The number of hydrogen-bond donors (Lipinski definition) is 0. The number of sulfonamides is 1. The van der Waals surface area contributed by atoms with Crippen LogP contribution < -0.4 is 13.8 Å². The number of benzene rings is 1. The van der Waals surface area contributed by atoms with Crippen molar-refractivity contribution in [3.63, 3.8) is 0 Å². The third-order valence-corrected chi connectivity index (χ3v) is 3.42. The Balaban J connectivity index is 3.24. The molecule has 0 bridgehead atoms. The standard InChI is InChI=1S/C10H15NO4S/c1-11(16(4,12)13)9-6-5-8(14-2)7-10(9)15-3/h5-7H,1-4H3. The summed E-state index contributed by atoms with van der Waals surface area (Å²) in [4.78, 5) is 0. The zero-order valence-electron chi connectivity index (χ0n) is 9.72. The number of ether oxygens (including phenoxy) is 2. The van der Waals surface area contributed by atoms with Gasteiger partial charge < -0.3 is 9.47 Å². The maximum absolute atomic E-state index is 11.4. The Kier molecular flexibility index (Phi) is 3.64. The number of hydrogen-bond acceptors (Lipinski definition) is 4. The molecule has 0 amide bonds. The summed E-state index contributed by atoms with van der Waals surface area (Å²) in [5.41, 5.74) is 0.478. The maximum Gasteiger partial charge on any atom is 0.232 e. The van der Waals surface area contributed by atoms with Gasteiger partial charge in [0.1, 0.15) is 11.5 Å². The second-order valence-corrected chi connectivity index (χ2v) is 5.28. The second-order valence-electron chi connectivity index (χ2n) is 3.27. The van der Waals surface area contributed by atoms with Gasteiger partial charge in [-0.15, -0.1) is 0 Å². The summed E-state index contributed by atoms with van der Waals surface area (Å²) in [6, 6.07) is 4.95. The Morgan fingerprint density at radius 2 is 1.81 bits per heavy atom. The van der Waals surface area contributed by atoms with Crippen molar-refractivity contribution in [2.24, 2.45) is 0 Å². The Labute approximate surface area is 95.6 Å². The lowest BCUT2D eigenvalue weighted by atomic mass is 10.3. The highest BCUT2D eigenvalue weighted by Crippen LogP contribution is 2.32. The molecule has 0 aliphatic carbocycles. The molecular formula is C10H15NO4S. The van der Waals surface area contributed by atoms with E-state index in [1.807, 2.05) is 0 Å². The molecule has 0 N–H and O–H groups in total. The van der Waals surface area contributed by atoms with Crippen molar-refractivity contribution in [1.29, 1.82) is 0 Å². The molecule has 0 heterocycles. The molecule has 6 heteroatoms. The summed E-state index contributed by atoms with van der Waals surface area (Å²) >= 11 is 0. The van der Waals surface area contributed by atoms with Gasteiger partial charge in [-0.1, -0.05) is 0 Å². The fourth-order valence-electron chi connectivity index (χ4n) is 1.22. The van der Waals surface area contributed by atoms with Crippen LogP contribution in [0.4, 0.5) is 5.69 Å². The molecule has 0 saturated carbocycles. The summed E-state index contributed by atoms with van der Waals surface area (Å²) < 4.78 is 34.1. The van der Waals surface area contributed by atoms with E-state index in [0.717, 1.165) is 10.6 Å². The number of nitrogens with zero attached hydrogens (tertiary/aromatic N) is 1. The molecule has 0 saturated heterocycles. The van der Waals surface area contributed by atoms with Gasteiger partial charge in [-0.3, -0.25) is 4.31 Å². The zero-order valence-corrected chi connectivity index (χ0v) is 10.5. The van der Waals surface area contributed by atoms with Crippen LogP contribution in [0, 0.1) is 0 Å². The number of anilines is 1. The fourth-order valence-corrected chi connectivity index (χ4v) is 1.73. The third kappa shape index (κ3) is 2.57. The first-order valence-electron chi connectivity index (χ1n) is 4.56. The average Bonchev–Trinajstić information content (AvgIpc) is 2.26. The molecule has 0 aliphatic heterocycles. The van der Waals surface area contributed by atoms with Gasteiger partial charge in [-0.05, 0) is 12.1 Å². The monoisotopic (exact) mass is 245 g/mol. The molecule has 0 fully saturated rings. The first kappa shape index (κ1) is 12.6. The van der Waals surface area contributed by atoms with Crippen molar-refractivity contribution in [1.82, 2.24) is 0 Å². The topological polar surface area (TPSA) is 55.8 Å². The molecular weight excluding hydrogens is 230 g/mol. The molecule has 1 aromatic carbocycles. The summed E-state index contributed by atoms with van der Waals surface area (Å²) in [5.74, 6) is 1.06. The van der Waals surface area contributed by atoms with E-state index in [1.54, 1.807) is 18.2 Å². The van der Waals surface area contributed by atoms with Crippen molar-refractivity contribution in [3.8, 4) is 11.5 Å². The minimum Gasteiger partial charge on any atom is -0.497 e. The highest BCUT2D eigenvalue weighted by Gasteiger charge is 2.16. The zero-order chi connectivity index (χ0) is 12.3. The van der Waals surface area contributed by atoms with Gasteiger partial charge in [0.15, 0.2) is 0 Å². The van der Waals surface area contributed by atoms with Gasteiger partial charge >= 0.3 is 0 Å². The van der Waals surface area contributed by atoms with Crippen LogP contribution in [0.15, 0.2) is 18.2 Å². The molecule has 0 radical (unpaired) electrons. The van der Waals surface area contributed by atoms with E-state index in [1.165, 1.54) is 21.3 Å². The van der Waals surface area contributed by atoms with Crippen LogP contribution in [-0.4, -0.2) is 35.9 Å². The molecule has 1 rings (SSSR count). The summed E-state index contributed by atoms with van der Waals surface area (Å²) in [5, 5.41) is 0. The molecule has 0 aliphatic rings. The largest absolute Gasteiger partial charge is 0.497 e. The van der Waals surface area contributed by atoms with Gasteiger partial charge in [0.2, 0.25) is 10.0 Å². The fraction of sp³-hybridized carbons (Fsp3) is 0.400. The van der Waals surface area contributed by atoms with Crippen molar-refractivity contribution < 1.29 is 17.9 Å². The second kappa shape index (κ2) is 4.61. The van der Waals surface area contributed by atoms with Crippen molar-refractivity contribution in [3.05, 3.63) is 18.2 Å². The molecule has 16 heavy (non-hydrogen) atoms. The maximum atomic E-state index is 11.4. The minimum absolute atomic E-state index is 0.451. The van der Waals surface area contributed by atoms with Gasteiger partial charge in [0, 0.05) is 13.1 Å². The molecule has 0 unspecified atom stereocenters. The van der Waals surface area contributed by atoms with Crippen molar-refractivity contribution >= 4 is 15.7 Å². The molecule has 0 aromatic heterocycles. The molecule has 0 spiro atoms. The van der Waals surface area contributed by atoms with Crippen LogP contribution in [0.2, 0.25) is 0 Å². The van der Waals surface area contributed by atoms with E-state index in [9.17, 15) is 8.42 Å². The van der Waals surface area contributed by atoms with Gasteiger partial charge in [-0.2, -0.15) is 0 Å². The number of rotatable bonds is 4. The predicted octanol–water partition coefficient (Wildman–Crippen LogP) is 1.10. The van der Waals surface area contributed by atoms with Gasteiger partial charge in [0.25, 0.3) is 0 Å². The minimum atomic E-state index is -3.30. The van der Waals surface area contributed by atoms with Crippen LogP contribution in [-0.2, 0) is 10.0 Å². The Hall–Kier alpha value is -1.43. The summed E-state index contributed by atoms with van der Waals surface area (Å²) in [6.07, 6.45) is 1.14. The highest BCUT2D eigenvalue weighted by molar-refractivity contribution is 7.92. The van der Waals surface area contributed by atoms with E-state index in [-0.39, 0.29) is 0 Å². The summed E-state index contributed by atoms with van der Waals surface area (Å²) in [6.45, 7) is 0. The first-order chi connectivity index (χ1) is 7.40. The smallest absolute Gasteiger partial charge is 0.232 e. The van der Waals surface area contributed by atoms with E-state index in [2.05, 4.69) is 0 Å². The normalized spacial score (nSPS) is 11.0.